The van der Waals surface area contributed by atoms with Crippen LogP contribution in [-0.4, -0.2) is 57.2 Å². The second kappa shape index (κ2) is 9.28. The van der Waals surface area contributed by atoms with Crippen LogP contribution in [-0.2, 0) is 16.1 Å². The summed E-state index contributed by atoms with van der Waals surface area (Å²) in [6.07, 6.45) is -0.335. The van der Waals surface area contributed by atoms with Crippen LogP contribution in [0.2, 0.25) is 0 Å². The number of nitriles is 1. The van der Waals surface area contributed by atoms with Crippen molar-refractivity contribution in [3.63, 3.8) is 0 Å². The number of hydrogen-bond acceptors (Lipinski definition) is 6. The highest BCUT2D eigenvalue weighted by molar-refractivity contribution is 5.90. The Hall–Kier alpha value is -3.28. The van der Waals surface area contributed by atoms with Gasteiger partial charge in [0.2, 0.25) is 0 Å². The molecule has 1 aliphatic rings. The predicted octanol–water partition coefficient (Wildman–Crippen LogP) is 0.581. The molecule has 8 heteroatoms. The van der Waals surface area contributed by atoms with E-state index in [0.29, 0.717) is 24.3 Å². The van der Waals surface area contributed by atoms with Crippen molar-refractivity contribution in [2.75, 3.05) is 13.1 Å². The van der Waals surface area contributed by atoms with E-state index in [2.05, 4.69) is 16.4 Å². The Kier molecular flexibility index (Phi) is 6.54. The highest BCUT2D eigenvalue weighted by Crippen LogP contribution is 2.22. The summed E-state index contributed by atoms with van der Waals surface area (Å²) < 4.78 is 0. The van der Waals surface area contributed by atoms with Gasteiger partial charge in [-0.3, -0.25) is 14.6 Å². The third-order valence-corrected chi connectivity index (χ3v) is 4.87. The number of rotatable bonds is 6. The molecule has 0 aliphatic carbocycles. The molecule has 29 heavy (non-hydrogen) atoms. The van der Waals surface area contributed by atoms with E-state index in [1.54, 1.807) is 30.5 Å². The molecule has 0 radical (unpaired) electrons. The molecule has 1 aromatic heterocycles. The molecule has 0 spiro atoms. The maximum Gasteiger partial charge on any atom is 0.254 e. The molecule has 1 aromatic carbocycles. The molecule has 2 atom stereocenters. The summed E-state index contributed by atoms with van der Waals surface area (Å²) in [6.45, 7) is 1.07. The van der Waals surface area contributed by atoms with E-state index >= 15 is 0 Å². The summed E-state index contributed by atoms with van der Waals surface area (Å²) in [6, 6.07) is 12.8. The maximum absolute atomic E-state index is 12.1. The lowest BCUT2D eigenvalue weighted by Crippen LogP contribution is -2.50. The van der Waals surface area contributed by atoms with Gasteiger partial charge in [0.25, 0.3) is 11.8 Å². The van der Waals surface area contributed by atoms with E-state index < -0.39 is 24.0 Å². The van der Waals surface area contributed by atoms with E-state index in [1.165, 1.54) is 4.90 Å². The fourth-order valence-electron chi connectivity index (χ4n) is 3.21. The Morgan fingerprint density at radius 1 is 1.14 bits per heavy atom. The van der Waals surface area contributed by atoms with Gasteiger partial charge < -0.3 is 20.4 Å². The first-order valence-corrected chi connectivity index (χ1v) is 9.38. The molecule has 1 saturated heterocycles. The first-order valence-electron chi connectivity index (χ1n) is 9.38. The quantitative estimate of drug-likeness (QED) is 0.658. The van der Waals surface area contributed by atoms with Gasteiger partial charge in [0.05, 0.1) is 23.9 Å². The SMILES string of the molecule is N#Cc1ccccc1-c1ccc(CNC(=O)C(O)C(O)C(=O)N2CCCC2)nc1. The smallest absolute Gasteiger partial charge is 0.254 e. The largest absolute Gasteiger partial charge is 0.380 e. The van der Waals surface area contributed by atoms with Crippen molar-refractivity contribution in [1.82, 2.24) is 15.2 Å². The molecular formula is C21H22N4O4. The molecule has 0 saturated carbocycles. The van der Waals surface area contributed by atoms with Crippen molar-refractivity contribution in [2.24, 2.45) is 0 Å². The number of aromatic nitrogens is 1. The average molecular weight is 394 g/mol. The molecule has 0 bridgehead atoms. The monoisotopic (exact) mass is 394 g/mol. The number of carbonyl (C=O) groups is 2. The predicted molar refractivity (Wildman–Crippen MR) is 104 cm³/mol. The van der Waals surface area contributed by atoms with Gasteiger partial charge in [0.1, 0.15) is 0 Å². The topological polar surface area (TPSA) is 127 Å². The minimum Gasteiger partial charge on any atom is -0.380 e. The summed E-state index contributed by atoms with van der Waals surface area (Å²) in [7, 11) is 0. The van der Waals surface area contributed by atoms with E-state index in [9.17, 15) is 25.1 Å². The van der Waals surface area contributed by atoms with Gasteiger partial charge in [-0.05, 0) is 25.0 Å². The Bertz CT molecular complexity index is 917. The highest BCUT2D eigenvalue weighted by Gasteiger charge is 2.34. The van der Waals surface area contributed by atoms with Crippen molar-refractivity contribution in [1.29, 1.82) is 5.26 Å². The lowest BCUT2D eigenvalue weighted by molar-refractivity contribution is -0.152. The zero-order chi connectivity index (χ0) is 20.8. The average Bonchev–Trinajstić information content (AvgIpc) is 3.31. The van der Waals surface area contributed by atoms with Gasteiger partial charge in [-0.25, -0.2) is 0 Å². The summed E-state index contributed by atoms with van der Waals surface area (Å²) in [5, 5.41) is 31.6. The van der Waals surface area contributed by atoms with Crippen LogP contribution < -0.4 is 5.32 Å². The number of pyridine rings is 1. The van der Waals surface area contributed by atoms with Crippen LogP contribution in [0.15, 0.2) is 42.6 Å². The number of nitrogens with one attached hydrogen (secondary N) is 1. The molecule has 2 unspecified atom stereocenters. The Labute approximate surface area is 168 Å². The summed E-state index contributed by atoms with van der Waals surface area (Å²) in [4.78, 5) is 29.9. The molecule has 3 N–H and O–H groups in total. The summed E-state index contributed by atoms with van der Waals surface area (Å²) >= 11 is 0. The molecule has 8 nitrogen and oxygen atoms in total. The molecule has 2 heterocycles. The van der Waals surface area contributed by atoms with Crippen molar-refractivity contribution in [2.45, 2.75) is 31.6 Å². The van der Waals surface area contributed by atoms with Crippen LogP contribution >= 0.6 is 0 Å². The first-order chi connectivity index (χ1) is 14.0. The van der Waals surface area contributed by atoms with Gasteiger partial charge in [-0.15, -0.1) is 0 Å². The minimum absolute atomic E-state index is 0.0285. The second-order valence-electron chi connectivity index (χ2n) is 6.84. The lowest BCUT2D eigenvalue weighted by Gasteiger charge is -2.22. The number of carbonyl (C=O) groups excluding carboxylic acids is 2. The van der Waals surface area contributed by atoms with E-state index in [0.717, 1.165) is 24.0 Å². The van der Waals surface area contributed by atoms with Crippen molar-refractivity contribution < 1.29 is 19.8 Å². The van der Waals surface area contributed by atoms with Gasteiger partial charge >= 0.3 is 0 Å². The zero-order valence-electron chi connectivity index (χ0n) is 15.8. The first kappa shape index (κ1) is 20.5. The third-order valence-electron chi connectivity index (χ3n) is 4.87. The number of aliphatic hydroxyl groups excluding tert-OH is 2. The van der Waals surface area contributed by atoms with Crippen molar-refractivity contribution >= 4 is 11.8 Å². The Morgan fingerprint density at radius 3 is 2.52 bits per heavy atom. The number of aliphatic hydroxyl groups is 2. The van der Waals surface area contributed by atoms with Crippen LogP contribution in [0.3, 0.4) is 0 Å². The number of amides is 2. The lowest BCUT2D eigenvalue weighted by atomic mass is 10.0. The zero-order valence-corrected chi connectivity index (χ0v) is 15.8. The molecule has 2 aromatic rings. The molecule has 1 fully saturated rings. The van der Waals surface area contributed by atoms with E-state index in [4.69, 9.17) is 0 Å². The van der Waals surface area contributed by atoms with Gasteiger partial charge in [0.15, 0.2) is 12.2 Å². The fourth-order valence-corrected chi connectivity index (χ4v) is 3.21. The van der Waals surface area contributed by atoms with Crippen LogP contribution in [0.4, 0.5) is 0 Å². The number of likely N-dealkylation sites (tertiary alicyclic amines) is 1. The normalized spacial score (nSPS) is 15.4. The minimum atomic E-state index is -1.84. The summed E-state index contributed by atoms with van der Waals surface area (Å²) in [5.41, 5.74) is 2.60. The number of benzene rings is 1. The van der Waals surface area contributed by atoms with E-state index in [-0.39, 0.29) is 6.54 Å². The van der Waals surface area contributed by atoms with Crippen LogP contribution in [0.25, 0.3) is 11.1 Å². The summed E-state index contributed by atoms with van der Waals surface area (Å²) in [5.74, 6) is -1.48. The Morgan fingerprint density at radius 2 is 1.86 bits per heavy atom. The standard InChI is InChI=1S/C21H22N4O4/c22-11-14-5-1-2-6-17(14)15-7-8-16(23-12-15)13-24-20(28)18(26)19(27)21(29)25-9-3-4-10-25/h1-2,5-8,12,18-19,26-27H,3-4,9-10,13H2,(H,24,28). The Balaban J connectivity index is 1.57. The number of hydrogen-bond donors (Lipinski definition) is 3. The fraction of sp³-hybridized carbons (Fsp3) is 0.333. The van der Waals surface area contributed by atoms with Crippen molar-refractivity contribution in [3.8, 4) is 17.2 Å². The maximum atomic E-state index is 12.1. The van der Waals surface area contributed by atoms with Crippen LogP contribution in [0.5, 0.6) is 0 Å². The van der Waals surface area contributed by atoms with Crippen LogP contribution in [0, 0.1) is 11.3 Å². The molecular weight excluding hydrogens is 372 g/mol. The van der Waals surface area contributed by atoms with Gasteiger partial charge in [-0.1, -0.05) is 24.3 Å². The van der Waals surface area contributed by atoms with Gasteiger partial charge in [-0.2, -0.15) is 5.26 Å². The molecule has 3 rings (SSSR count). The second-order valence-corrected chi connectivity index (χ2v) is 6.84. The van der Waals surface area contributed by atoms with E-state index in [1.807, 2.05) is 12.1 Å². The highest BCUT2D eigenvalue weighted by atomic mass is 16.3. The van der Waals surface area contributed by atoms with Crippen LogP contribution in [0.1, 0.15) is 24.1 Å². The number of nitrogens with zero attached hydrogens (tertiary/aromatic N) is 3. The molecule has 2 amide bonds. The van der Waals surface area contributed by atoms with Gasteiger partial charge in [0, 0.05) is 30.4 Å². The third kappa shape index (κ3) is 4.77. The molecule has 150 valence electrons. The molecule has 1 aliphatic heterocycles. The van der Waals surface area contributed by atoms with Crippen molar-refractivity contribution in [3.05, 3.63) is 53.9 Å².